The Balaban J connectivity index is 2.50. The summed E-state index contributed by atoms with van der Waals surface area (Å²) in [6, 6.07) is 2.17. The standard InChI is InChI=1S/C11H20N2S/c1-9-5-6-14-10(9)7-13(4)8-11(2,3)12/h5-6H,7-8,12H2,1-4H3. The number of hydrogen-bond donors (Lipinski definition) is 1. The van der Waals surface area contributed by atoms with Crippen molar-refractivity contribution in [1.29, 1.82) is 0 Å². The second-order valence-electron chi connectivity index (χ2n) is 4.69. The number of likely N-dealkylation sites (N-methyl/N-ethyl adjacent to an activating group) is 1. The summed E-state index contributed by atoms with van der Waals surface area (Å²) in [6.07, 6.45) is 0. The minimum absolute atomic E-state index is 0.111. The summed E-state index contributed by atoms with van der Waals surface area (Å²) in [5.74, 6) is 0. The molecule has 3 heteroatoms. The molecule has 14 heavy (non-hydrogen) atoms. The highest BCUT2D eigenvalue weighted by Crippen LogP contribution is 2.17. The van der Waals surface area contributed by atoms with Crippen LogP contribution in [0.5, 0.6) is 0 Å². The molecule has 2 nitrogen and oxygen atoms in total. The van der Waals surface area contributed by atoms with Crippen LogP contribution in [0.25, 0.3) is 0 Å². The zero-order chi connectivity index (χ0) is 10.8. The van der Waals surface area contributed by atoms with Gasteiger partial charge in [0.25, 0.3) is 0 Å². The smallest absolute Gasteiger partial charge is 0.0328 e. The second-order valence-corrected chi connectivity index (χ2v) is 5.69. The van der Waals surface area contributed by atoms with Gasteiger partial charge in [-0.1, -0.05) is 0 Å². The van der Waals surface area contributed by atoms with Gasteiger partial charge < -0.3 is 5.73 Å². The Hall–Kier alpha value is -0.380. The molecule has 0 spiro atoms. The molecule has 80 valence electrons. The van der Waals surface area contributed by atoms with Crippen molar-refractivity contribution in [2.24, 2.45) is 5.73 Å². The maximum atomic E-state index is 5.97. The van der Waals surface area contributed by atoms with Crippen LogP contribution in [0.2, 0.25) is 0 Å². The number of nitrogens with two attached hydrogens (primary N) is 1. The molecule has 0 unspecified atom stereocenters. The van der Waals surface area contributed by atoms with Gasteiger partial charge in [0.1, 0.15) is 0 Å². The van der Waals surface area contributed by atoms with Crippen LogP contribution < -0.4 is 5.73 Å². The van der Waals surface area contributed by atoms with E-state index in [0.29, 0.717) is 0 Å². The van der Waals surface area contributed by atoms with Gasteiger partial charge in [-0.25, -0.2) is 0 Å². The summed E-state index contributed by atoms with van der Waals surface area (Å²) in [4.78, 5) is 3.72. The maximum Gasteiger partial charge on any atom is 0.0328 e. The Labute approximate surface area is 90.7 Å². The molecule has 0 amide bonds. The van der Waals surface area contributed by atoms with E-state index in [2.05, 4.69) is 44.2 Å². The minimum atomic E-state index is -0.111. The molecule has 0 saturated carbocycles. The summed E-state index contributed by atoms with van der Waals surface area (Å²) in [5.41, 5.74) is 7.24. The van der Waals surface area contributed by atoms with E-state index in [-0.39, 0.29) is 5.54 Å². The van der Waals surface area contributed by atoms with Crippen LogP contribution in [-0.4, -0.2) is 24.0 Å². The van der Waals surface area contributed by atoms with Crippen LogP contribution in [0, 0.1) is 6.92 Å². The van der Waals surface area contributed by atoms with Crippen molar-refractivity contribution in [3.8, 4) is 0 Å². The van der Waals surface area contributed by atoms with Gasteiger partial charge in [-0.15, -0.1) is 11.3 Å². The van der Waals surface area contributed by atoms with Crippen molar-refractivity contribution >= 4 is 11.3 Å². The molecule has 0 bridgehead atoms. The molecule has 1 aromatic rings. The third kappa shape index (κ3) is 3.78. The normalized spacial score (nSPS) is 12.4. The van der Waals surface area contributed by atoms with E-state index >= 15 is 0 Å². The van der Waals surface area contributed by atoms with Gasteiger partial charge >= 0.3 is 0 Å². The Morgan fingerprint density at radius 1 is 1.50 bits per heavy atom. The second kappa shape index (κ2) is 4.43. The highest BCUT2D eigenvalue weighted by Gasteiger charge is 2.14. The van der Waals surface area contributed by atoms with Crippen molar-refractivity contribution in [2.75, 3.05) is 13.6 Å². The predicted octanol–water partition coefficient (Wildman–Crippen LogP) is 2.23. The highest BCUT2D eigenvalue weighted by molar-refractivity contribution is 7.10. The zero-order valence-corrected chi connectivity index (χ0v) is 10.3. The monoisotopic (exact) mass is 212 g/mol. The Morgan fingerprint density at radius 3 is 2.57 bits per heavy atom. The van der Waals surface area contributed by atoms with Gasteiger partial charge in [-0.3, -0.25) is 4.90 Å². The first-order valence-corrected chi connectivity index (χ1v) is 5.77. The van der Waals surface area contributed by atoms with Gasteiger partial charge in [0.2, 0.25) is 0 Å². The number of nitrogens with zero attached hydrogens (tertiary/aromatic N) is 1. The van der Waals surface area contributed by atoms with Gasteiger partial charge in [0, 0.05) is 23.5 Å². The molecule has 0 aliphatic heterocycles. The Bertz CT molecular complexity index is 286. The van der Waals surface area contributed by atoms with Crippen molar-refractivity contribution in [3.63, 3.8) is 0 Å². The first-order valence-electron chi connectivity index (χ1n) is 4.89. The lowest BCUT2D eigenvalue weighted by atomic mass is 10.1. The van der Waals surface area contributed by atoms with Crippen LogP contribution >= 0.6 is 11.3 Å². The first kappa shape index (κ1) is 11.7. The third-order valence-electron chi connectivity index (χ3n) is 2.06. The summed E-state index contributed by atoms with van der Waals surface area (Å²) in [5, 5.41) is 2.14. The molecule has 1 aromatic heterocycles. The summed E-state index contributed by atoms with van der Waals surface area (Å²) >= 11 is 1.82. The lowest BCUT2D eigenvalue weighted by molar-refractivity contribution is 0.265. The van der Waals surface area contributed by atoms with E-state index < -0.39 is 0 Å². The number of hydrogen-bond acceptors (Lipinski definition) is 3. The van der Waals surface area contributed by atoms with Gasteiger partial charge in [-0.05, 0) is 44.8 Å². The molecule has 0 saturated heterocycles. The summed E-state index contributed by atoms with van der Waals surface area (Å²) < 4.78 is 0. The molecular formula is C11H20N2S. The third-order valence-corrected chi connectivity index (χ3v) is 3.07. The lowest BCUT2D eigenvalue weighted by Crippen LogP contribution is -2.43. The molecule has 1 rings (SSSR count). The van der Waals surface area contributed by atoms with Crippen LogP contribution in [-0.2, 0) is 6.54 Å². The number of aryl methyl sites for hydroxylation is 1. The molecular weight excluding hydrogens is 192 g/mol. The Kier molecular flexibility index (Phi) is 3.70. The topological polar surface area (TPSA) is 29.3 Å². The van der Waals surface area contributed by atoms with E-state index in [1.54, 1.807) is 0 Å². The van der Waals surface area contributed by atoms with E-state index in [4.69, 9.17) is 5.73 Å². The molecule has 0 atom stereocenters. The average molecular weight is 212 g/mol. The van der Waals surface area contributed by atoms with Crippen molar-refractivity contribution in [2.45, 2.75) is 32.9 Å². The molecule has 0 fully saturated rings. The van der Waals surface area contributed by atoms with Crippen molar-refractivity contribution in [3.05, 3.63) is 21.9 Å². The van der Waals surface area contributed by atoms with E-state index in [0.717, 1.165) is 13.1 Å². The van der Waals surface area contributed by atoms with Gasteiger partial charge in [-0.2, -0.15) is 0 Å². The quantitative estimate of drug-likeness (QED) is 0.829. The number of thiophene rings is 1. The molecule has 1 heterocycles. The number of rotatable bonds is 4. The van der Waals surface area contributed by atoms with Crippen molar-refractivity contribution in [1.82, 2.24) is 4.90 Å². The zero-order valence-electron chi connectivity index (χ0n) is 9.50. The van der Waals surface area contributed by atoms with Gasteiger partial charge in [0.05, 0.1) is 0 Å². The van der Waals surface area contributed by atoms with E-state index in [9.17, 15) is 0 Å². The van der Waals surface area contributed by atoms with Gasteiger partial charge in [0.15, 0.2) is 0 Å². The summed E-state index contributed by atoms with van der Waals surface area (Å²) in [6.45, 7) is 8.21. The molecule has 2 N–H and O–H groups in total. The maximum absolute atomic E-state index is 5.97. The molecule has 0 aliphatic carbocycles. The molecule has 0 radical (unpaired) electrons. The fraction of sp³-hybridized carbons (Fsp3) is 0.636. The fourth-order valence-corrected chi connectivity index (χ4v) is 2.55. The SMILES string of the molecule is Cc1ccsc1CN(C)CC(C)(C)N. The first-order chi connectivity index (χ1) is 6.38. The van der Waals surface area contributed by atoms with Crippen LogP contribution in [0.3, 0.4) is 0 Å². The van der Waals surface area contributed by atoms with E-state index in [1.807, 2.05) is 11.3 Å². The lowest BCUT2D eigenvalue weighted by Gasteiger charge is -2.26. The molecule has 0 aromatic carbocycles. The van der Waals surface area contributed by atoms with Crippen LogP contribution in [0.15, 0.2) is 11.4 Å². The highest BCUT2D eigenvalue weighted by atomic mass is 32.1. The Morgan fingerprint density at radius 2 is 2.14 bits per heavy atom. The van der Waals surface area contributed by atoms with Crippen LogP contribution in [0.1, 0.15) is 24.3 Å². The largest absolute Gasteiger partial charge is 0.324 e. The molecule has 0 aliphatic rings. The predicted molar refractivity (Wildman–Crippen MR) is 63.7 cm³/mol. The van der Waals surface area contributed by atoms with Crippen LogP contribution in [0.4, 0.5) is 0 Å². The average Bonchev–Trinajstić information content (AvgIpc) is 2.32. The fourth-order valence-electron chi connectivity index (χ4n) is 1.56. The summed E-state index contributed by atoms with van der Waals surface area (Å²) in [7, 11) is 2.12. The van der Waals surface area contributed by atoms with E-state index in [1.165, 1.54) is 10.4 Å². The minimum Gasteiger partial charge on any atom is -0.324 e. The van der Waals surface area contributed by atoms with Crippen molar-refractivity contribution < 1.29 is 0 Å².